The molecule has 0 bridgehead atoms. The summed E-state index contributed by atoms with van der Waals surface area (Å²) in [7, 11) is 0. The molecule has 1 fully saturated rings. The van der Waals surface area contributed by atoms with Crippen molar-refractivity contribution in [2.24, 2.45) is 0 Å². The third kappa shape index (κ3) is 4.27. The van der Waals surface area contributed by atoms with Crippen LogP contribution in [0.1, 0.15) is 42.4 Å². The lowest BCUT2D eigenvalue weighted by Gasteiger charge is -2.32. The van der Waals surface area contributed by atoms with Gasteiger partial charge < -0.3 is 14.2 Å². The maximum absolute atomic E-state index is 6.00. The molecule has 2 aliphatic heterocycles. The number of ether oxygens (including phenoxy) is 1. The monoisotopic (exact) mass is 374 g/mol. The first kappa shape index (κ1) is 18.0. The van der Waals surface area contributed by atoms with Crippen LogP contribution in [-0.4, -0.2) is 52.5 Å². The molecule has 140 valence electrons. The van der Waals surface area contributed by atoms with Crippen molar-refractivity contribution in [1.29, 1.82) is 0 Å². The van der Waals surface area contributed by atoms with E-state index in [1.807, 2.05) is 12.1 Å². The van der Waals surface area contributed by atoms with Gasteiger partial charge in [-0.25, -0.2) is 0 Å². The molecule has 6 heteroatoms. The van der Waals surface area contributed by atoms with Crippen molar-refractivity contribution in [2.45, 2.75) is 44.6 Å². The van der Waals surface area contributed by atoms with E-state index in [-0.39, 0.29) is 0 Å². The van der Waals surface area contributed by atoms with E-state index in [1.165, 1.54) is 31.5 Å². The molecule has 1 aromatic carbocycles. The number of hydrogen-bond acceptors (Lipinski definition) is 4. The number of piperidine rings is 1. The van der Waals surface area contributed by atoms with Gasteiger partial charge in [-0.2, -0.15) is 0 Å². The summed E-state index contributed by atoms with van der Waals surface area (Å²) < 4.78 is 7.80. The van der Waals surface area contributed by atoms with Gasteiger partial charge in [0.25, 0.3) is 0 Å². The Morgan fingerprint density at radius 1 is 1.04 bits per heavy atom. The Labute approximate surface area is 160 Å². The van der Waals surface area contributed by atoms with Crippen molar-refractivity contribution in [1.82, 2.24) is 19.7 Å². The van der Waals surface area contributed by atoms with Crippen molar-refractivity contribution in [2.75, 3.05) is 32.8 Å². The van der Waals surface area contributed by atoms with Crippen molar-refractivity contribution >= 4 is 11.6 Å². The Morgan fingerprint density at radius 3 is 2.65 bits per heavy atom. The number of aromatic nitrogens is 3. The Balaban J connectivity index is 1.23. The Bertz CT molecular complexity index is 707. The molecule has 26 heavy (non-hydrogen) atoms. The van der Waals surface area contributed by atoms with Crippen LogP contribution in [-0.2, 0) is 24.1 Å². The largest absolute Gasteiger partial charge is 0.379 e. The molecular formula is C20H27ClN4O. The fraction of sp³-hybridized carbons (Fsp3) is 0.600. The van der Waals surface area contributed by atoms with Gasteiger partial charge in [-0.05, 0) is 62.5 Å². The van der Waals surface area contributed by atoms with Gasteiger partial charge >= 0.3 is 0 Å². The number of benzene rings is 1. The topological polar surface area (TPSA) is 43.2 Å². The van der Waals surface area contributed by atoms with Gasteiger partial charge in [0.05, 0.1) is 13.2 Å². The average molecular weight is 375 g/mol. The predicted molar refractivity (Wildman–Crippen MR) is 103 cm³/mol. The average Bonchev–Trinajstić information content (AvgIpc) is 2.89. The van der Waals surface area contributed by atoms with E-state index in [1.54, 1.807) is 0 Å². The fourth-order valence-electron chi connectivity index (χ4n) is 4.11. The number of aryl methyl sites for hydroxylation is 1. The van der Waals surface area contributed by atoms with Gasteiger partial charge in [0.15, 0.2) is 0 Å². The van der Waals surface area contributed by atoms with Gasteiger partial charge in [0.1, 0.15) is 11.6 Å². The predicted octanol–water partition coefficient (Wildman–Crippen LogP) is 3.32. The standard InChI is InChI=1S/C20H27ClN4O/c21-18-5-3-16(4-6-18)17-7-11-24(12-8-17)10-1-2-19-22-23-20-9-14-26-15-13-25(19)20/h3-6,17H,1-2,7-15H2. The molecule has 3 heterocycles. The maximum Gasteiger partial charge on any atom is 0.135 e. The lowest BCUT2D eigenvalue weighted by molar-refractivity contribution is 0.139. The minimum Gasteiger partial charge on any atom is -0.379 e. The number of fused-ring (bicyclic) bond motifs is 1. The van der Waals surface area contributed by atoms with Gasteiger partial charge in [-0.3, -0.25) is 0 Å². The molecule has 2 aliphatic rings. The molecule has 0 radical (unpaired) electrons. The summed E-state index contributed by atoms with van der Waals surface area (Å²) in [5.74, 6) is 2.89. The van der Waals surface area contributed by atoms with E-state index < -0.39 is 0 Å². The molecule has 0 aliphatic carbocycles. The van der Waals surface area contributed by atoms with Gasteiger partial charge in [-0.15, -0.1) is 10.2 Å². The van der Waals surface area contributed by atoms with E-state index in [4.69, 9.17) is 16.3 Å². The number of likely N-dealkylation sites (tertiary alicyclic amines) is 1. The second kappa shape index (κ2) is 8.51. The number of hydrogen-bond donors (Lipinski definition) is 0. The van der Waals surface area contributed by atoms with Crippen LogP contribution < -0.4 is 0 Å². The van der Waals surface area contributed by atoms with Gasteiger partial charge in [0.2, 0.25) is 0 Å². The first-order valence-corrected chi connectivity index (χ1v) is 10.1. The molecule has 1 saturated heterocycles. The zero-order valence-corrected chi connectivity index (χ0v) is 16.0. The molecule has 2 aromatic rings. The second-order valence-electron chi connectivity index (χ2n) is 7.32. The zero-order chi connectivity index (χ0) is 17.8. The summed E-state index contributed by atoms with van der Waals surface area (Å²) >= 11 is 6.00. The van der Waals surface area contributed by atoms with Gasteiger partial charge in [0, 0.05) is 24.4 Å². The van der Waals surface area contributed by atoms with E-state index in [0.717, 1.165) is 62.2 Å². The minimum absolute atomic E-state index is 0.677. The second-order valence-corrected chi connectivity index (χ2v) is 7.75. The number of nitrogens with zero attached hydrogens (tertiary/aromatic N) is 4. The molecule has 0 unspecified atom stereocenters. The highest BCUT2D eigenvalue weighted by atomic mass is 35.5. The third-order valence-electron chi connectivity index (χ3n) is 5.64. The van der Waals surface area contributed by atoms with Crippen molar-refractivity contribution in [3.63, 3.8) is 0 Å². The van der Waals surface area contributed by atoms with Crippen LogP contribution in [0.5, 0.6) is 0 Å². The van der Waals surface area contributed by atoms with Crippen LogP contribution in [0, 0.1) is 0 Å². The highest BCUT2D eigenvalue weighted by Gasteiger charge is 2.21. The molecule has 0 amide bonds. The molecule has 4 rings (SSSR count). The van der Waals surface area contributed by atoms with E-state index >= 15 is 0 Å². The summed E-state index contributed by atoms with van der Waals surface area (Å²) in [4.78, 5) is 2.59. The van der Waals surface area contributed by atoms with Crippen LogP contribution in [0.4, 0.5) is 0 Å². The van der Waals surface area contributed by atoms with Crippen LogP contribution in [0.25, 0.3) is 0 Å². The molecule has 0 saturated carbocycles. The highest BCUT2D eigenvalue weighted by Crippen LogP contribution is 2.28. The van der Waals surface area contributed by atoms with Crippen LogP contribution in [0.15, 0.2) is 24.3 Å². The molecule has 0 spiro atoms. The number of halogens is 1. The van der Waals surface area contributed by atoms with E-state index in [0.29, 0.717) is 5.92 Å². The zero-order valence-electron chi connectivity index (χ0n) is 15.2. The first-order valence-electron chi connectivity index (χ1n) is 9.76. The molecule has 0 N–H and O–H groups in total. The van der Waals surface area contributed by atoms with Crippen LogP contribution in [0.2, 0.25) is 5.02 Å². The highest BCUT2D eigenvalue weighted by molar-refractivity contribution is 6.30. The Hall–Kier alpha value is -1.43. The molecule has 5 nitrogen and oxygen atoms in total. The summed E-state index contributed by atoms with van der Waals surface area (Å²) in [5.41, 5.74) is 1.43. The summed E-state index contributed by atoms with van der Waals surface area (Å²) in [6.07, 6.45) is 5.50. The first-order chi connectivity index (χ1) is 12.8. The SMILES string of the molecule is Clc1ccc(C2CCN(CCCc3nnc4n3CCOCC4)CC2)cc1. The minimum atomic E-state index is 0.677. The quantitative estimate of drug-likeness (QED) is 0.805. The summed E-state index contributed by atoms with van der Waals surface area (Å²) in [6, 6.07) is 8.39. The van der Waals surface area contributed by atoms with Gasteiger partial charge in [-0.1, -0.05) is 23.7 Å². The smallest absolute Gasteiger partial charge is 0.135 e. The maximum atomic E-state index is 6.00. The lowest BCUT2D eigenvalue weighted by atomic mass is 9.89. The van der Waals surface area contributed by atoms with Crippen LogP contribution >= 0.6 is 11.6 Å². The van der Waals surface area contributed by atoms with E-state index in [2.05, 4.69) is 31.8 Å². The molecule has 0 atom stereocenters. The Morgan fingerprint density at radius 2 is 1.85 bits per heavy atom. The van der Waals surface area contributed by atoms with Crippen molar-refractivity contribution in [3.8, 4) is 0 Å². The third-order valence-corrected chi connectivity index (χ3v) is 5.89. The van der Waals surface area contributed by atoms with Crippen molar-refractivity contribution in [3.05, 3.63) is 46.5 Å². The molecule has 1 aromatic heterocycles. The van der Waals surface area contributed by atoms with E-state index in [9.17, 15) is 0 Å². The normalized spacial score (nSPS) is 19.3. The Kier molecular flexibility index (Phi) is 5.88. The summed E-state index contributed by atoms with van der Waals surface area (Å²) in [6.45, 7) is 5.94. The fourth-order valence-corrected chi connectivity index (χ4v) is 4.23. The number of rotatable bonds is 5. The van der Waals surface area contributed by atoms with Crippen LogP contribution in [0.3, 0.4) is 0 Å². The van der Waals surface area contributed by atoms with Crippen molar-refractivity contribution < 1.29 is 4.74 Å². The molecular weight excluding hydrogens is 348 g/mol. The lowest BCUT2D eigenvalue weighted by Crippen LogP contribution is -2.34. The summed E-state index contributed by atoms with van der Waals surface area (Å²) in [5, 5.41) is 9.57.